The lowest BCUT2D eigenvalue weighted by atomic mass is 10.2. The molecule has 2 aromatic heterocycles. The van der Waals surface area contributed by atoms with E-state index in [9.17, 15) is 4.79 Å². The standard InChI is InChI=1S/C10H14N6O/c1-6-5-7(9(17)15(3)4)14-16-8(6)12-13-10(16)11-2/h5H,1-4H3,(H,11,13). The molecule has 0 saturated heterocycles. The van der Waals surface area contributed by atoms with Crippen molar-refractivity contribution in [1.29, 1.82) is 0 Å². The van der Waals surface area contributed by atoms with Crippen molar-refractivity contribution in [2.45, 2.75) is 6.92 Å². The number of rotatable bonds is 2. The number of amides is 1. The van der Waals surface area contributed by atoms with Gasteiger partial charge in [0.25, 0.3) is 5.91 Å². The van der Waals surface area contributed by atoms with Crippen LogP contribution in [0.15, 0.2) is 6.07 Å². The smallest absolute Gasteiger partial charge is 0.273 e. The first-order valence-electron chi connectivity index (χ1n) is 5.17. The van der Waals surface area contributed by atoms with E-state index in [1.807, 2.05) is 6.92 Å². The minimum absolute atomic E-state index is 0.147. The Hall–Kier alpha value is -2.18. The second kappa shape index (κ2) is 4.00. The summed E-state index contributed by atoms with van der Waals surface area (Å²) in [6.45, 7) is 1.87. The first-order valence-corrected chi connectivity index (χ1v) is 5.17. The molecule has 0 fully saturated rings. The minimum Gasteiger partial charge on any atom is -0.356 e. The van der Waals surface area contributed by atoms with Crippen LogP contribution in [0.4, 0.5) is 5.95 Å². The molecule has 90 valence electrons. The SMILES string of the molecule is CNc1nnc2c(C)cc(C(=O)N(C)C)nn12. The van der Waals surface area contributed by atoms with Gasteiger partial charge in [-0.3, -0.25) is 4.79 Å². The van der Waals surface area contributed by atoms with Crippen molar-refractivity contribution in [3.8, 4) is 0 Å². The number of carbonyl (C=O) groups excluding carboxylic acids is 1. The molecule has 1 N–H and O–H groups in total. The number of hydrogen-bond acceptors (Lipinski definition) is 5. The Labute approximate surface area is 98.4 Å². The van der Waals surface area contributed by atoms with Crippen molar-refractivity contribution in [2.24, 2.45) is 0 Å². The van der Waals surface area contributed by atoms with Crippen LogP contribution < -0.4 is 5.32 Å². The second-order valence-electron chi connectivity index (χ2n) is 3.92. The molecule has 2 heterocycles. The van der Waals surface area contributed by atoms with Crippen LogP contribution in [0.5, 0.6) is 0 Å². The van der Waals surface area contributed by atoms with Gasteiger partial charge in [-0.2, -0.15) is 9.61 Å². The molecule has 7 heteroatoms. The summed E-state index contributed by atoms with van der Waals surface area (Å²) in [4.78, 5) is 13.3. The topological polar surface area (TPSA) is 75.4 Å². The highest BCUT2D eigenvalue weighted by molar-refractivity contribution is 5.92. The summed E-state index contributed by atoms with van der Waals surface area (Å²) >= 11 is 0. The van der Waals surface area contributed by atoms with Crippen molar-refractivity contribution in [2.75, 3.05) is 26.5 Å². The van der Waals surface area contributed by atoms with Crippen LogP contribution in [0.25, 0.3) is 5.65 Å². The van der Waals surface area contributed by atoms with Gasteiger partial charge in [-0.25, -0.2) is 0 Å². The predicted octanol–water partition coefficient (Wildman–Crippen LogP) is 0.176. The van der Waals surface area contributed by atoms with Gasteiger partial charge in [0, 0.05) is 21.1 Å². The Kier molecular flexibility index (Phi) is 2.66. The van der Waals surface area contributed by atoms with Crippen LogP contribution in [0.2, 0.25) is 0 Å². The highest BCUT2D eigenvalue weighted by Gasteiger charge is 2.15. The van der Waals surface area contributed by atoms with E-state index >= 15 is 0 Å². The average Bonchev–Trinajstić information content (AvgIpc) is 2.71. The third-order valence-corrected chi connectivity index (χ3v) is 2.40. The number of nitrogens with one attached hydrogen (secondary N) is 1. The summed E-state index contributed by atoms with van der Waals surface area (Å²) in [5.41, 5.74) is 1.88. The minimum atomic E-state index is -0.147. The summed E-state index contributed by atoms with van der Waals surface area (Å²) in [5, 5.41) is 15.0. The Morgan fingerprint density at radius 3 is 2.71 bits per heavy atom. The number of fused-ring (bicyclic) bond motifs is 1. The normalized spacial score (nSPS) is 10.6. The van der Waals surface area contributed by atoms with Crippen LogP contribution in [0.1, 0.15) is 16.1 Å². The summed E-state index contributed by atoms with van der Waals surface area (Å²) in [7, 11) is 5.11. The van der Waals surface area contributed by atoms with Gasteiger partial charge in [0.1, 0.15) is 5.69 Å². The molecule has 2 rings (SSSR count). The van der Waals surface area contributed by atoms with E-state index in [-0.39, 0.29) is 5.91 Å². The maximum Gasteiger partial charge on any atom is 0.273 e. The Bertz CT molecular complexity index is 573. The fraction of sp³-hybridized carbons (Fsp3) is 0.400. The summed E-state index contributed by atoms with van der Waals surface area (Å²) in [6.07, 6.45) is 0. The molecular formula is C10H14N6O. The molecule has 2 aromatic rings. The van der Waals surface area contributed by atoms with Gasteiger partial charge >= 0.3 is 0 Å². The number of aryl methyl sites for hydroxylation is 1. The Morgan fingerprint density at radius 2 is 2.12 bits per heavy atom. The zero-order valence-corrected chi connectivity index (χ0v) is 10.2. The lowest BCUT2D eigenvalue weighted by Crippen LogP contribution is -2.24. The second-order valence-corrected chi connectivity index (χ2v) is 3.92. The fourth-order valence-corrected chi connectivity index (χ4v) is 1.52. The van der Waals surface area contributed by atoms with Crippen molar-refractivity contribution in [3.63, 3.8) is 0 Å². The molecule has 0 saturated carbocycles. The maximum absolute atomic E-state index is 11.9. The van der Waals surface area contributed by atoms with E-state index in [0.29, 0.717) is 17.3 Å². The van der Waals surface area contributed by atoms with E-state index < -0.39 is 0 Å². The van der Waals surface area contributed by atoms with Gasteiger partial charge in [-0.15, -0.1) is 10.2 Å². The van der Waals surface area contributed by atoms with Gasteiger partial charge in [0.05, 0.1) is 0 Å². The van der Waals surface area contributed by atoms with E-state index in [0.717, 1.165) is 5.56 Å². The van der Waals surface area contributed by atoms with Crippen LogP contribution in [0, 0.1) is 6.92 Å². The molecule has 0 atom stereocenters. The zero-order valence-electron chi connectivity index (χ0n) is 10.2. The monoisotopic (exact) mass is 234 g/mol. The number of hydrogen-bond donors (Lipinski definition) is 1. The summed E-state index contributed by atoms with van der Waals surface area (Å²) in [5.74, 6) is 0.363. The van der Waals surface area contributed by atoms with Crippen LogP contribution in [0.3, 0.4) is 0 Å². The zero-order chi connectivity index (χ0) is 12.6. The number of carbonyl (C=O) groups is 1. The van der Waals surface area contributed by atoms with Gasteiger partial charge in [0.15, 0.2) is 5.65 Å². The van der Waals surface area contributed by atoms with E-state index in [1.54, 1.807) is 27.2 Å². The third kappa shape index (κ3) is 1.79. The van der Waals surface area contributed by atoms with Crippen LogP contribution in [-0.2, 0) is 0 Å². The molecule has 0 spiro atoms. The first kappa shape index (κ1) is 11.3. The average molecular weight is 234 g/mol. The third-order valence-electron chi connectivity index (χ3n) is 2.40. The first-order chi connectivity index (χ1) is 8.04. The maximum atomic E-state index is 11.9. The van der Waals surface area contributed by atoms with E-state index in [4.69, 9.17) is 0 Å². The lowest BCUT2D eigenvalue weighted by Gasteiger charge is -2.10. The fourth-order valence-electron chi connectivity index (χ4n) is 1.52. The number of anilines is 1. The Balaban J connectivity index is 2.64. The molecule has 0 aromatic carbocycles. The predicted molar refractivity (Wildman–Crippen MR) is 63.1 cm³/mol. The molecule has 0 aliphatic carbocycles. The summed E-state index contributed by atoms with van der Waals surface area (Å²) < 4.78 is 1.53. The quantitative estimate of drug-likeness (QED) is 0.802. The van der Waals surface area contributed by atoms with Crippen molar-refractivity contribution >= 4 is 17.5 Å². The van der Waals surface area contributed by atoms with Gasteiger partial charge in [0.2, 0.25) is 5.95 Å². The number of nitrogens with zero attached hydrogens (tertiary/aromatic N) is 5. The van der Waals surface area contributed by atoms with Crippen molar-refractivity contribution in [3.05, 3.63) is 17.3 Å². The molecule has 1 amide bonds. The lowest BCUT2D eigenvalue weighted by molar-refractivity contribution is 0.0820. The van der Waals surface area contributed by atoms with Crippen molar-refractivity contribution < 1.29 is 4.79 Å². The van der Waals surface area contributed by atoms with E-state index in [2.05, 4.69) is 20.6 Å². The molecule has 0 radical (unpaired) electrons. The largest absolute Gasteiger partial charge is 0.356 e. The van der Waals surface area contributed by atoms with Crippen LogP contribution in [-0.4, -0.2) is 51.8 Å². The van der Waals surface area contributed by atoms with Gasteiger partial charge in [-0.05, 0) is 18.6 Å². The van der Waals surface area contributed by atoms with Gasteiger partial charge < -0.3 is 10.2 Å². The summed E-state index contributed by atoms with van der Waals surface area (Å²) in [6, 6.07) is 1.71. The van der Waals surface area contributed by atoms with Crippen molar-refractivity contribution in [1.82, 2.24) is 24.7 Å². The van der Waals surface area contributed by atoms with Crippen LogP contribution >= 0.6 is 0 Å². The molecule has 17 heavy (non-hydrogen) atoms. The molecule has 0 bridgehead atoms. The highest BCUT2D eigenvalue weighted by atomic mass is 16.2. The molecule has 0 aliphatic heterocycles. The number of aromatic nitrogens is 4. The highest BCUT2D eigenvalue weighted by Crippen LogP contribution is 2.12. The molecule has 7 nitrogen and oxygen atoms in total. The molecular weight excluding hydrogens is 220 g/mol. The molecule has 0 aliphatic rings. The Morgan fingerprint density at radius 1 is 1.41 bits per heavy atom. The van der Waals surface area contributed by atoms with E-state index in [1.165, 1.54) is 9.42 Å². The molecule has 0 unspecified atom stereocenters. The van der Waals surface area contributed by atoms with Gasteiger partial charge in [-0.1, -0.05) is 0 Å².